The summed E-state index contributed by atoms with van der Waals surface area (Å²) in [5.74, 6) is 1.57. The van der Waals surface area contributed by atoms with E-state index in [2.05, 4.69) is 10.3 Å². The highest BCUT2D eigenvalue weighted by atomic mass is 16.5. The standard InChI is InChI=1S/C25H21N3O3/c1-18-26-23(19-8-4-2-5-9-19)16-25(30)28(18)17-24(29)27-20-12-14-22(15-13-20)31-21-10-6-3-7-11-21/h2-16H,17H2,1H3,(H,27,29). The van der Waals surface area contributed by atoms with E-state index in [4.69, 9.17) is 4.74 Å². The number of aromatic nitrogens is 2. The van der Waals surface area contributed by atoms with Crippen molar-refractivity contribution in [3.63, 3.8) is 0 Å². The number of nitrogens with one attached hydrogen (secondary N) is 1. The first-order valence-corrected chi connectivity index (χ1v) is 9.85. The van der Waals surface area contributed by atoms with Gasteiger partial charge in [-0.2, -0.15) is 0 Å². The highest BCUT2D eigenvalue weighted by molar-refractivity contribution is 5.90. The van der Waals surface area contributed by atoms with E-state index in [1.807, 2.05) is 60.7 Å². The quantitative estimate of drug-likeness (QED) is 0.501. The number of aryl methyl sites for hydroxylation is 1. The lowest BCUT2D eigenvalue weighted by Crippen LogP contribution is -2.29. The third-order valence-electron chi connectivity index (χ3n) is 4.69. The minimum atomic E-state index is -0.309. The van der Waals surface area contributed by atoms with Crippen LogP contribution in [0, 0.1) is 6.92 Å². The summed E-state index contributed by atoms with van der Waals surface area (Å²) in [6.45, 7) is 1.60. The summed E-state index contributed by atoms with van der Waals surface area (Å²) >= 11 is 0. The molecule has 4 rings (SSSR count). The smallest absolute Gasteiger partial charge is 0.254 e. The molecule has 0 aliphatic rings. The number of nitrogens with zero attached hydrogens (tertiary/aromatic N) is 2. The van der Waals surface area contributed by atoms with E-state index in [1.165, 1.54) is 10.6 Å². The fraction of sp³-hybridized carbons (Fsp3) is 0.0800. The SMILES string of the molecule is Cc1nc(-c2ccccc2)cc(=O)n1CC(=O)Nc1ccc(Oc2ccccc2)cc1. The summed E-state index contributed by atoms with van der Waals surface area (Å²) in [5.41, 5.74) is 1.80. The van der Waals surface area contributed by atoms with Crippen molar-refractivity contribution in [1.82, 2.24) is 9.55 Å². The van der Waals surface area contributed by atoms with E-state index >= 15 is 0 Å². The molecule has 0 unspecified atom stereocenters. The van der Waals surface area contributed by atoms with E-state index in [-0.39, 0.29) is 18.0 Å². The van der Waals surface area contributed by atoms with Crippen LogP contribution in [0.5, 0.6) is 11.5 Å². The fourth-order valence-electron chi connectivity index (χ4n) is 3.15. The molecule has 1 N–H and O–H groups in total. The first kappa shape index (κ1) is 20.1. The molecule has 0 saturated heterocycles. The van der Waals surface area contributed by atoms with Gasteiger partial charge in [0.1, 0.15) is 23.9 Å². The van der Waals surface area contributed by atoms with Gasteiger partial charge < -0.3 is 10.1 Å². The van der Waals surface area contributed by atoms with E-state index in [9.17, 15) is 9.59 Å². The van der Waals surface area contributed by atoms with Crippen molar-refractivity contribution in [3.8, 4) is 22.8 Å². The molecule has 31 heavy (non-hydrogen) atoms. The fourth-order valence-corrected chi connectivity index (χ4v) is 3.15. The lowest BCUT2D eigenvalue weighted by Gasteiger charge is -2.12. The Hall–Kier alpha value is -4.19. The van der Waals surface area contributed by atoms with Gasteiger partial charge in [0, 0.05) is 17.3 Å². The first-order chi connectivity index (χ1) is 15.1. The van der Waals surface area contributed by atoms with Gasteiger partial charge in [-0.05, 0) is 43.3 Å². The van der Waals surface area contributed by atoms with Gasteiger partial charge in [-0.15, -0.1) is 0 Å². The number of ether oxygens (including phenoxy) is 1. The van der Waals surface area contributed by atoms with Crippen molar-refractivity contribution >= 4 is 11.6 Å². The summed E-state index contributed by atoms with van der Waals surface area (Å²) in [7, 11) is 0. The monoisotopic (exact) mass is 411 g/mol. The molecule has 0 spiro atoms. The number of para-hydroxylation sites is 1. The topological polar surface area (TPSA) is 73.2 Å². The largest absolute Gasteiger partial charge is 0.457 e. The maximum absolute atomic E-state index is 12.6. The number of amides is 1. The lowest BCUT2D eigenvalue weighted by molar-refractivity contribution is -0.116. The van der Waals surface area contributed by atoms with Crippen LogP contribution in [0.1, 0.15) is 5.82 Å². The minimum absolute atomic E-state index is 0.116. The molecule has 1 aromatic heterocycles. The van der Waals surface area contributed by atoms with Crippen LogP contribution in [0.25, 0.3) is 11.3 Å². The molecular formula is C25H21N3O3. The molecule has 154 valence electrons. The zero-order chi connectivity index (χ0) is 21.6. The normalized spacial score (nSPS) is 10.5. The average molecular weight is 411 g/mol. The molecule has 0 aliphatic heterocycles. The van der Waals surface area contributed by atoms with Crippen molar-refractivity contribution in [2.45, 2.75) is 13.5 Å². The third-order valence-corrected chi connectivity index (χ3v) is 4.69. The minimum Gasteiger partial charge on any atom is -0.457 e. The van der Waals surface area contributed by atoms with Gasteiger partial charge in [0.15, 0.2) is 0 Å². The van der Waals surface area contributed by atoms with Gasteiger partial charge in [0.05, 0.1) is 5.69 Å². The molecule has 0 bridgehead atoms. The second-order valence-electron chi connectivity index (χ2n) is 6.97. The number of carbonyl (C=O) groups is 1. The van der Waals surface area contributed by atoms with Crippen LogP contribution in [0.3, 0.4) is 0 Å². The van der Waals surface area contributed by atoms with Crippen LogP contribution >= 0.6 is 0 Å². The molecule has 6 nitrogen and oxygen atoms in total. The molecule has 0 aliphatic carbocycles. The van der Waals surface area contributed by atoms with Gasteiger partial charge in [-0.3, -0.25) is 14.2 Å². The Morgan fingerprint density at radius 3 is 2.16 bits per heavy atom. The van der Waals surface area contributed by atoms with E-state index in [1.54, 1.807) is 31.2 Å². The Bertz CT molecular complexity index is 1230. The second-order valence-corrected chi connectivity index (χ2v) is 6.97. The molecule has 0 fully saturated rings. The number of hydrogen-bond donors (Lipinski definition) is 1. The Labute approximate surface area is 179 Å². The summed E-state index contributed by atoms with van der Waals surface area (Å²) in [5, 5.41) is 2.80. The van der Waals surface area contributed by atoms with E-state index in [0.29, 0.717) is 23.0 Å². The number of benzene rings is 3. The maximum Gasteiger partial charge on any atom is 0.254 e. The van der Waals surface area contributed by atoms with Gasteiger partial charge in [-0.1, -0.05) is 48.5 Å². The molecule has 1 amide bonds. The van der Waals surface area contributed by atoms with Crippen LogP contribution in [-0.4, -0.2) is 15.5 Å². The van der Waals surface area contributed by atoms with Crippen LogP contribution in [0.2, 0.25) is 0 Å². The van der Waals surface area contributed by atoms with Crippen molar-refractivity contribution in [2.75, 3.05) is 5.32 Å². The van der Waals surface area contributed by atoms with Gasteiger partial charge in [0.25, 0.3) is 5.56 Å². The lowest BCUT2D eigenvalue weighted by atomic mass is 10.1. The van der Waals surface area contributed by atoms with Gasteiger partial charge in [-0.25, -0.2) is 4.98 Å². The Morgan fingerprint density at radius 1 is 0.903 bits per heavy atom. The molecular weight excluding hydrogens is 390 g/mol. The van der Waals surface area contributed by atoms with Crippen LogP contribution in [-0.2, 0) is 11.3 Å². The molecule has 0 radical (unpaired) electrons. The van der Waals surface area contributed by atoms with Gasteiger partial charge in [0.2, 0.25) is 5.91 Å². The zero-order valence-electron chi connectivity index (χ0n) is 17.0. The van der Waals surface area contributed by atoms with Crippen LogP contribution < -0.4 is 15.6 Å². The third kappa shape index (κ3) is 5.05. The van der Waals surface area contributed by atoms with Crippen molar-refractivity contribution in [1.29, 1.82) is 0 Å². The highest BCUT2D eigenvalue weighted by Gasteiger charge is 2.11. The predicted octanol–water partition coefficient (Wildman–Crippen LogP) is 4.65. The number of carbonyl (C=O) groups excluding carboxylic acids is 1. The molecule has 0 saturated carbocycles. The molecule has 3 aromatic carbocycles. The summed E-state index contributed by atoms with van der Waals surface area (Å²) in [6.07, 6.45) is 0. The van der Waals surface area contributed by atoms with Crippen molar-refractivity contribution < 1.29 is 9.53 Å². The average Bonchev–Trinajstić information content (AvgIpc) is 2.79. The van der Waals surface area contributed by atoms with E-state index < -0.39 is 0 Å². The predicted molar refractivity (Wildman–Crippen MR) is 120 cm³/mol. The Balaban J connectivity index is 1.42. The summed E-state index contributed by atoms with van der Waals surface area (Å²) < 4.78 is 7.10. The number of hydrogen-bond acceptors (Lipinski definition) is 4. The first-order valence-electron chi connectivity index (χ1n) is 9.85. The Morgan fingerprint density at radius 2 is 1.52 bits per heavy atom. The highest BCUT2D eigenvalue weighted by Crippen LogP contribution is 2.22. The maximum atomic E-state index is 12.6. The summed E-state index contributed by atoms with van der Waals surface area (Å²) in [4.78, 5) is 29.5. The van der Waals surface area contributed by atoms with Crippen molar-refractivity contribution in [2.24, 2.45) is 0 Å². The molecule has 1 heterocycles. The van der Waals surface area contributed by atoms with Crippen LogP contribution in [0.15, 0.2) is 95.8 Å². The number of rotatable bonds is 6. The second kappa shape index (κ2) is 9.09. The molecule has 4 aromatic rings. The molecule has 0 atom stereocenters. The van der Waals surface area contributed by atoms with Crippen LogP contribution in [0.4, 0.5) is 5.69 Å². The molecule has 6 heteroatoms. The summed E-state index contributed by atoms with van der Waals surface area (Å²) in [6, 6.07) is 27.4. The Kier molecular flexibility index (Phi) is 5.89. The van der Waals surface area contributed by atoms with E-state index in [0.717, 1.165) is 11.3 Å². The zero-order valence-corrected chi connectivity index (χ0v) is 17.0. The van der Waals surface area contributed by atoms with Gasteiger partial charge >= 0.3 is 0 Å². The number of anilines is 1. The van der Waals surface area contributed by atoms with Crippen molar-refractivity contribution in [3.05, 3.63) is 107 Å².